The summed E-state index contributed by atoms with van der Waals surface area (Å²) >= 11 is 5.88. The molecule has 0 saturated carbocycles. The van der Waals surface area contributed by atoms with Crippen molar-refractivity contribution >= 4 is 29.2 Å². The minimum atomic E-state index is -1.11. The van der Waals surface area contributed by atoms with Gasteiger partial charge in [-0.1, -0.05) is 11.6 Å². The monoisotopic (exact) mass is 306 g/mol. The average molecular weight is 307 g/mol. The number of benzene rings is 1. The van der Waals surface area contributed by atoms with Crippen LogP contribution in [0.15, 0.2) is 36.5 Å². The van der Waals surface area contributed by atoms with Gasteiger partial charge in [-0.15, -0.1) is 0 Å². The maximum absolute atomic E-state index is 12.2. The van der Waals surface area contributed by atoms with Crippen molar-refractivity contribution in [3.63, 3.8) is 0 Å². The molecule has 0 aliphatic heterocycles. The van der Waals surface area contributed by atoms with E-state index in [1.54, 1.807) is 12.1 Å². The summed E-state index contributed by atoms with van der Waals surface area (Å²) in [5, 5.41) is 11.7. The Morgan fingerprint density at radius 2 is 2.00 bits per heavy atom. The SMILES string of the molecule is CC(C)n1cccc1C(=O)Nc1ccc(C(=O)O)c(Cl)c1. The van der Waals surface area contributed by atoms with E-state index in [0.717, 1.165) is 0 Å². The second kappa shape index (κ2) is 6.01. The van der Waals surface area contributed by atoms with Crippen molar-refractivity contribution in [2.24, 2.45) is 0 Å². The first-order chi connectivity index (χ1) is 9.90. The molecule has 1 amide bonds. The van der Waals surface area contributed by atoms with Crippen LogP contribution in [0, 0.1) is 0 Å². The quantitative estimate of drug-likeness (QED) is 0.905. The van der Waals surface area contributed by atoms with E-state index in [1.165, 1.54) is 18.2 Å². The van der Waals surface area contributed by atoms with E-state index in [1.807, 2.05) is 24.6 Å². The van der Waals surface area contributed by atoms with Crippen molar-refractivity contribution in [2.75, 3.05) is 5.32 Å². The molecule has 110 valence electrons. The molecule has 0 unspecified atom stereocenters. The Morgan fingerprint density at radius 1 is 1.29 bits per heavy atom. The molecule has 1 heterocycles. The van der Waals surface area contributed by atoms with Gasteiger partial charge in [0, 0.05) is 17.9 Å². The van der Waals surface area contributed by atoms with Gasteiger partial charge < -0.3 is 15.0 Å². The summed E-state index contributed by atoms with van der Waals surface area (Å²) in [6.07, 6.45) is 1.83. The molecule has 0 atom stereocenters. The number of carbonyl (C=O) groups excluding carboxylic acids is 1. The van der Waals surface area contributed by atoms with Crippen molar-refractivity contribution < 1.29 is 14.7 Å². The van der Waals surface area contributed by atoms with Gasteiger partial charge in [0.05, 0.1) is 10.6 Å². The molecular formula is C15H15ClN2O3. The fraction of sp³-hybridized carbons (Fsp3) is 0.200. The second-order valence-electron chi connectivity index (χ2n) is 4.85. The average Bonchev–Trinajstić information content (AvgIpc) is 2.87. The lowest BCUT2D eigenvalue weighted by Gasteiger charge is -2.13. The molecule has 0 radical (unpaired) electrons. The maximum Gasteiger partial charge on any atom is 0.337 e. The zero-order valence-corrected chi connectivity index (χ0v) is 12.4. The van der Waals surface area contributed by atoms with Crippen LogP contribution in [0.4, 0.5) is 5.69 Å². The molecule has 5 nitrogen and oxygen atoms in total. The molecule has 0 bridgehead atoms. The van der Waals surface area contributed by atoms with Gasteiger partial charge in [-0.3, -0.25) is 4.79 Å². The van der Waals surface area contributed by atoms with Crippen LogP contribution < -0.4 is 5.32 Å². The number of aromatic nitrogens is 1. The van der Waals surface area contributed by atoms with E-state index in [2.05, 4.69) is 5.32 Å². The van der Waals surface area contributed by atoms with E-state index < -0.39 is 5.97 Å². The number of carboxylic acid groups (broad SMARTS) is 1. The van der Waals surface area contributed by atoms with Gasteiger partial charge in [0.2, 0.25) is 0 Å². The van der Waals surface area contributed by atoms with Crippen LogP contribution in [0.2, 0.25) is 5.02 Å². The first-order valence-electron chi connectivity index (χ1n) is 6.41. The van der Waals surface area contributed by atoms with Gasteiger partial charge in [0.15, 0.2) is 0 Å². The number of carboxylic acids is 1. The number of nitrogens with zero attached hydrogens (tertiary/aromatic N) is 1. The summed E-state index contributed by atoms with van der Waals surface area (Å²) in [7, 11) is 0. The molecule has 1 aromatic heterocycles. The Kier molecular flexibility index (Phi) is 4.33. The predicted molar refractivity (Wildman–Crippen MR) is 81.2 cm³/mol. The lowest BCUT2D eigenvalue weighted by atomic mass is 10.2. The van der Waals surface area contributed by atoms with Gasteiger partial charge in [-0.25, -0.2) is 4.79 Å². The van der Waals surface area contributed by atoms with Crippen LogP contribution in [0.5, 0.6) is 0 Å². The topological polar surface area (TPSA) is 71.3 Å². The third-order valence-electron chi connectivity index (χ3n) is 3.03. The Morgan fingerprint density at radius 3 is 2.57 bits per heavy atom. The zero-order valence-electron chi connectivity index (χ0n) is 11.6. The molecule has 2 aromatic rings. The van der Waals surface area contributed by atoms with E-state index in [9.17, 15) is 9.59 Å². The Bertz CT molecular complexity index is 692. The number of rotatable bonds is 4. The highest BCUT2D eigenvalue weighted by Gasteiger charge is 2.14. The molecule has 0 spiro atoms. The van der Waals surface area contributed by atoms with E-state index >= 15 is 0 Å². The molecule has 0 fully saturated rings. The third kappa shape index (κ3) is 3.25. The van der Waals surface area contributed by atoms with Crippen LogP contribution >= 0.6 is 11.6 Å². The highest BCUT2D eigenvalue weighted by Crippen LogP contribution is 2.22. The number of amides is 1. The summed E-state index contributed by atoms with van der Waals surface area (Å²) in [4.78, 5) is 23.1. The van der Waals surface area contributed by atoms with Crippen LogP contribution in [0.1, 0.15) is 40.7 Å². The number of carbonyl (C=O) groups is 2. The van der Waals surface area contributed by atoms with Crippen LogP contribution in [-0.4, -0.2) is 21.6 Å². The summed E-state index contributed by atoms with van der Waals surface area (Å²) in [6.45, 7) is 3.96. The number of nitrogens with one attached hydrogen (secondary N) is 1. The van der Waals surface area contributed by atoms with Gasteiger partial charge in [-0.2, -0.15) is 0 Å². The maximum atomic E-state index is 12.2. The highest BCUT2D eigenvalue weighted by molar-refractivity contribution is 6.33. The number of halogens is 1. The summed E-state index contributed by atoms with van der Waals surface area (Å²) in [5.41, 5.74) is 0.982. The van der Waals surface area contributed by atoms with Crippen molar-refractivity contribution in [1.82, 2.24) is 4.57 Å². The molecule has 1 aromatic carbocycles. The minimum Gasteiger partial charge on any atom is -0.478 e. The van der Waals surface area contributed by atoms with Gasteiger partial charge in [0.1, 0.15) is 5.69 Å². The first kappa shape index (κ1) is 15.1. The van der Waals surface area contributed by atoms with Crippen molar-refractivity contribution in [3.8, 4) is 0 Å². The predicted octanol–water partition coefficient (Wildman–Crippen LogP) is 3.67. The van der Waals surface area contributed by atoms with Crippen LogP contribution in [0.25, 0.3) is 0 Å². The molecular weight excluding hydrogens is 292 g/mol. The number of hydrogen-bond acceptors (Lipinski definition) is 2. The fourth-order valence-electron chi connectivity index (χ4n) is 2.00. The van der Waals surface area contributed by atoms with Crippen molar-refractivity contribution in [2.45, 2.75) is 19.9 Å². The standard InChI is InChI=1S/C15H15ClN2O3/c1-9(2)18-7-3-4-13(18)14(19)17-10-5-6-11(15(20)21)12(16)8-10/h3-9H,1-2H3,(H,17,19)(H,20,21). The Labute approximate surface area is 127 Å². The molecule has 2 N–H and O–H groups in total. The minimum absolute atomic E-state index is 0.000205. The van der Waals surface area contributed by atoms with Gasteiger partial charge in [0.25, 0.3) is 5.91 Å². The number of aromatic carboxylic acids is 1. The van der Waals surface area contributed by atoms with E-state index in [-0.39, 0.29) is 22.5 Å². The summed E-state index contributed by atoms with van der Waals surface area (Å²) in [5.74, 6) is -1.38. The largest absolute Gasteiger partial charge is 0.478 e. The van der Waals surface area contributed by atoms with Gasteiger partial charge in [-0.05, 0) is 44.2 Å². The normalized spacial score (nSPS) is 10.7. The van der Waals surface area contributed by atoms with E-state index in [0.29, 0.717) is 11.4 Å². The summed E-state index contributed by atoms with van der Waals surface area (Å²) < 4.78 is 1.85. The molecule has 0 aliphatic carbocycles. The highest BCUT2D eigenvalue weighted by atomic mass is 35.5. The fourth-order valence-corrected chi connectivity index (χ4v) is 2.26. The second-order valence-corrected chi connectivity index (χ2v) is 5.26. The molecule has 0 saturated heterocycles. The smallest absolute Gasteiger partial charge is 0.337 e. The number of anilines is 1. The molecule has 2 rings (SSSR count). The lowest BCUT2D eigenvalue weighted by molar-refractivity contribution is 0.0697. The Balaban J connectivity index is 2.22. The lowest BCUT2D eigenvalue weighted by Crippen LogP contribution is -2.17. The zero-order chi connectivity index (χ0) is 15.6. The van der Waals surface area contributed by atoms with Gasteiger partial charge >= 0.3 is 5.97 Å². The van der Waals surface area contributed by atoms with Crippen molar-refractivity contribution in [3.05, 3.63) is 52.8 Å². The van der Waals surface area contributed by atoms with E-state index in [4.69, 9.17) is 16.7 Å². The van der Waals surface area contributed by atoms with Crippen LogP contribution in [-0.2, 0) is 0 Å². The summed E-state index contributed by atoms with van der Waals surface area (Å²) in [6, 6.07) is 7.99. The van der Waals surface area contributed by atoms with Crippen LogP contribution in [0.3, 0.4) is 0 Å². The third-order valence-corrected chi connectivity index (χ3v) is 3.34. The van der Waals surface area contributed by atoms with Crippen molar-refractivity contribution in [1.29, 1.82) is 0 Å². The molecule has 0 aliphatic rings. The first-order valence-corrected chi connectivity index (χ1v) is 6.79. The number of hydrogen-bond donors (Lipinski definition) is 2. The Hall–Kier alpha value is -2.27. The molecule has 6 heteroatoms. The molecule has 21 heavy (non-hydrogen) atoms.